The molecular formula is C8H7NO3. The Labute approximate surface area is 68.9 Å². The summed E-state index contributed by atoms with van der Waals surface area (Å²) < 4.78 is 0. The first-order valence-corrected chi connectivity index (χ1v) is 3.32. The maximum atomic E-state index is 10.9. The molecule has 4 heteroatoms. The molecule has 0 bridgehead atoms. The van der Waals surface area contributed by atoms with Crippen LogP contribution >= 0.6 is 0 Å². The third-order valence-corrected chi connectivity index (χ3v) is 1.39. The van der Waals surface area contributed by atoms with Gasteiger partial charge in [0.25, 0.3) is 0 Å². The van der Waals surface area contributed by atoms with Crippen LogP contribution in [0.25, 0.3) is 0 Å². The average Bonchev–Trinajstić information content (AvgIpc) is 2.04. The van der Waals surface area contributed by atoms with Crippen molar-refractivity contribution in [1.29, 1.82) is 0 Å². The molecule has 1 rings (SSSR count). The molecule has 0 unspecified atom stereocenters. The van der Waals surface area contributed by atoms with Crippen LogP contribution in [-0.4, -0.2) is 21.8 Å². The number of hydrogen-bond acceptors (Lipinski definition) is 3. The monoisotopic (exact) mass is 165 g/mol. The Kier molecular flexibility index (Phi) is 2.19. The molecule has 4 nitrogen and oxygen atoms in total. The fourth-order valence-corrected chi connectivity index (χ4v) is 0.860. The van der Waals surface area contributed by atoms with Gasteiger partial charge in [-0.1, -0.05) is 0 Å². The molecule has 0 saturated heterocycles. The SMILES string of the molecule is CC(=O)c1cccnc1C(=O)O. The molecule has 0 fully saturated rings. The van der Waals surface area contributed by atoms with Gasteiger partial charge in [0.15, 0.2) is 11.5 Å². The Bertz CT molecular complexity index is 300. The fourth-order valence-electron chi connectivity index (χ4n) is 0.860. The first kappa shape index (κ1) is 8.39. The zero-order valence-corrected chi connectivity index (χ0v) is 6.44. The third kappa shape index (κ3) is 1.47. The van der Waals surface area contributed by atoms with E-state index >= 15 is 0 Å². The maximum Gasteiger partial charge on any atom is 0.355 e. The van der Waals surface area contributed by atoms with E-state index in [-0.39, 0.29) is 17.0 Å². The Morgan fingerprint density at radius 1 is 1.50 bits per heavy atom. The fraction of sp³-hybridized carbons (Fsp3) is 0.125. The van der Waals surface area contributed by atoms with E-state index in [1.54, 1.807) is 0 Å². The lowest BCUT2D eigenvalue weighted by Gasteiger charge is -1.98. The van der Waals surface area contributed by atoms with Crippen LogP contribution in [0.15, 0.2) is 18.3 Å². The van der Waals surface area contributed by atoms with E-state index in [9.17, 15) is 9.59 Å². The van der Waals surface area contributed by atoms with Crippen molar-refractivity contribution in [2.75, 3.05) is 0 Å². The van der Waals surface area contributed by atoms with Gasteiger partial charge in [0.05, 0.1) is 5.56 Å². The van der Waals surface area contributed by atoms with Gasteiger partial charge in [0, 0.05) is 6.20 Å². The molecule has 1 aromatic heterocycles. The summed E-state index contributed by atoms with van der Waals surface area (Å²) in [5.41, 5.74) is -0.0463. The molecule has 0 amide bonds. The molecule has 1 N–H and O–H groups in total. The number of carbonyl (C=O) groups is 2. The van der Waals surface area contributed by atoms with Crippen LogP contribution in [0.5, 0.6) is 0 Å². The van der Waals surface area contributed by atoms with E-state index in [2.05, 4.69) is 4.98 Å². The molecule has 1 heterocycles. The predicted octanol–water partition coefficient (Wildman–Crippen LogP) is 0.982. The minimum atomic E-state index is -1.18. The number of carbonyl (C=O) groups excluding carboxylic acids is 1. The molecule has 0 spiro atoms. The summed E-state index contributed by atoms with van der Waals surface area (Å²) in [7, 11) is 0. The van der Waals surface area contributed by atoms with Crippen molar-refractivity contribution in [2.24, 2.45) is 0 Å². The molecule has 0 aromatic carbocycles. The van der Waals surface area contributed by atoms with Crippen LogP contribution in [0.1, 0.15) is 27.8 Å². The maximum absolute atomic E-state index is 10.9. The van der Waals surface area contributed by atoms with E-state index in [1.165, 1.54) is 25.3 Å². The second kappa shape index (κ2) is 3.13. The number of rotatable bonds is 2. The summed E-state index contributed by atoms with van der Waals surface area (Å²) in [5.74, 6) is -1.47. The zero-order chi connectivity index (χ0) is 9.14. The minimum absolute atomic E-state index is 0.144. The number of ketones is 1. The number of Topliss-reactive ketones (excluding diaryl/α,β-unsaturated/α-hetero) is 1. The van der Waals surface area contributed by atoms with Gasteiger partial charge in [0.1, 0.15) is 0 Å². The average molecular weight is 165 g/mol. The number of hydrogen-bond donors (Lipinski definition) is 1. The second-order valence-electron chi connectivity index (χ2n) is 2.26. The number of aromatic carboxylic acids is 1. The lowest BCUT2D eigenvalue weighted by atomic mass is 10.1. The van der Waals surface area contributed by atoms with Crippen LogP contribution < -0.4 is 0 Å². The second-order valence-corrected chi connectivity index (χ2v) is 2.26. The molecule has 62 valence electrons. The Morgan fingerprint density at radius 3 is 2.58 bits per heavy atom. The molecule has 0 aliphatic carbocycles. The van der Waals surface area contributed by atoms with Gasteiger partial charge < -0.3 is 5.11 Å². The van der Waals surface area contributed by atoms with Gasteiger partial charge >= 0.3 is 5.97 Å². The van der Waals surface area contributed by atoms with E-state index in [1.807, 2.05) is 0 Å². The van der Waals surface area contributed by atoms with E-state index in [4.69, 9.17) is 5.11 Å². The highest BCUT2D eigenvalue weighted by Gasteiger charge is 2.13. The molecule has 12 heavy (non-hydrogen) atoms. The van der Waals surface area contributed by atoms with Crippen LogP contribution in [0.4, 0.5) is 0 Å². The summed E-state index contributed by atoms with van der Waals surface area (Å²) in [6.07, 6.45) is 1.34. The van der Waals surface area contributed by atoms with Crippen molar-refractivity contribution < 1.29 is 14.7 Å². The Hall–Kier alpha value is -1.71. The predicted molar refractivity (Wildman–Crippen MR) is 41.2 cm³/mol. The molecule has 0 aliphatic heterocycles. The van der Waals surface area contributed by atoms with E-state index in [0.717, 1.165) is 0 Å². The lowest BCUT2D eigenvalue weighted by molar-refractivity contribution is 0.0685. The number of nitrogens with zero attached hydrogens (tertiary/aromatic N) is 1. The number of pyridine rings is 1. The normalized spacial score (nSPS) is 9.42. The van der Waals surface area contributed by atoms with Crippen LogP contribution in [-0.2, 0) is 0 Å². The van der Waals surface area contributed by atoms with Gasteiger partial charge in [-0.05, 0) is 19.1 Å². The van der Waals surface area contributed by atoms with E-state index in [0.29, 0.717) is 0 Å². The minimum Gasteiger partial charge on any atom is -0.476 e. The Morgan fingerprint density at radius 2 is 2.17 bits per heavy atom. The third-order valence-electron chi connectivity index (χ3n) is 1.39. The summed E-state index contributed by atoms with van der Waals surface area (Å²) in [4.78, 5) is 25.0. The number of aromatic nitrogens is 1. The molecule has 0 atom stereocenters. The molecule has 0 saturated carbocycles. The van der Waals surface area contributed by atoms with Crippen molar-refractivity contribution in [3.63, 3.8) is 0 Å². The van der Waals surface area contributed by atoms with Crippen molar-refractivity contribution in [1.82, 2.24) is 4.98 Å². The highest BCUT2D eigenvalue weighted by molar-refractivity contribution is 6.03. The van der Waals surface area contributed by atoms with Gasteiger partial charge in [-0.25, -0.2) is 9.78 Å². The number of carboxylic acid groups (broad SMARTS) is 1. The number of carboxylic acids is 1. The summed E-state index contributed by atoms with van der Waals surface area (Å²) in [6.45, 7) is 1.31. The molecule has 0 aliphatic rings. The van der Waals surface area contributed by atoms with Crippen molar-refractivity contribution in [3.8, 4) is 0 Å². The van der Waals surface area contributed by atoms with Crippen LogP contribution in [0.2, 0.25) is 0 Å². The topological polar surface area (TPSA) is 67.3 Å². The summed E-state index contributed by atoms with van der Waals surface area (Å²) in [6, 6.07) is 2.97. The molecule has 1 aromatic rings. The van der Waals surface area contributed by atoms with Gasteiger partial charge in [-0.3, -0.25) is 4.79 Å². The largest absolute Gasteiger partial charge is 0.476 e. The van der Waals surface area contributed by atoms with Crippen molar-refractivity contribution >= 4 is 11.8 Å². The highest BCUT2D eigenvalue weighted by Crippen LogP contribution is 2.05. The van der Waals surface area contributed by atoms with Gasteiger partial charge in [-0.15, -0.1) is 0 Å². The van der Waals surface area contributed by atoms with Crippen molar-refractivity contribution in [2.45, 2.75) is 6.92 Å². The van der Waals surface area contributed by atoms with E-state index < -0.39 is 5.97 Å². The standard InChI is InChI=1S/C8H7NO3/c1-5(10)6-3-2-4-9-7(6)8(11)12/h2-4H,1H3,(H,11,12). The zero-order valence-electron chi connectivity index (χ0n) is 6.44. The summed E-state index contributed by atoms with van der Waals surface area (Å²) in [5, 5.41) is 8.60. The highest BCUT2D eigenvalue weighted by atomic mass is 16.4. The first-order chi connectivity index (χ1) is 5.63. The van der Waals surface area contributed by atoms with Crippen LogP contribution in [0, 0.1) is 0 Å². The quantitative estimate of drug-likeness (QED) is 0.663. The van der Waals surface area contributed by atoms with Gasteiger partial charge in [-0.2, -0.15) is 0 Å². The molecular weight excluding hydrogens is 158 g/mol. The Balaban J connectivity index is 3.27. The lowest BCUT2D eigenvalue weighted by Crippen LogP contribution is -2.08. The smallest absolute Gasteiger partial charge is 0.355 e. The van der Waals surface area contributed by atoms with Crippen molar-refractivity contribution in [3.05, 3.63) is 29.6 Å². The first-order valence-electron chi connectivity index (χ1n) is 3.32. The van der Waals surface area contributed by atoms with Crippen LogP contribution in [0.3, 0.4) is 0 Å². The van der Waals surface area contributed by atoms with Gasteiger partial charge in [0.2, 0.25) is 0 Å². The molecule has 0 radical (unpaired) electrons. The summed E-state index contributed by atoms with van der Waals surface area (Å²) >= 11 is 0.